The molecule has 0 unspecified atom stereocenters. The molecule has 0 spiro atoms. The third-order valence-corrected chi connectivity index (χ3v) is 3.18. The molecular weight excluding hydrogens is 280 g/mol. The summed E-state index contributed by atoms with van der Waals surface area (Å²) in [6.45, 7) is 6.04. The van der Waals surface area contributed by atoms with Crippen molar-refractivity contribution in [3.63, 3.8) is 0 Å². The second kappa shape index (κ2) is 6.70. The van der Waals surface area contributed by atoms with Crippen molar-refractivity contribution in [3.05, 3.63) is 24.3 Å². The number of hydrogen-bond donors (Lipinski definition) is 3. The Kier molecular flexibility index (Phi) is 4.72. The lowest BCUT2D eigenvalue weighted by Gasteiger charge is -2.20. The smallest absolute Gasteiger partial charge is 0.224 e. The highest BCUT2D eigenvalue weighted by atomic mass is 15.2. The SMILES string of the molecule is CCN(CC)c1cccc(N=Nc2c(N)nc(N)nc2N)c1. The minimum Gasteiger partial charge on any atom is -0.382 e. The number of benzene rings is 1. The van der Waals surface area contributed by atoms with Crippen molar-refractivity contribution in [1.82, 2.24) is 9.97 Å². The summed E-state index contributed by atoms with van der Waals surface area (Å²) in [5, 5.41) is 8.20. The van der Waals surface area contributed by atoms with E-state index in [9.17, 15) is 0 Å². The third kappa shape index (κ3) is 3.40. The lowest BCUT2D eigenvalue weighted by Crippen LogP contribution is -2.21. The van der Waals surface area contributed by atoms with Crippen molar-refractivity contribution >= 4 is 34.6 Å². The maximum absolute atomic E-state index is 5.73. The number of anilines is 4. The van der Waals surface area contributed by atoms with Crippen LogP contribution in [0.1, 0.15) is 13.8 Å². The van der Waals surface area contributed by atoms with E-state index in [1.807, 2.05) is 24.3 Å². The fraction of sp³-hybridized carbons (Fsp3) is 0.286. The van der Waals surface area contributed by atoms with E-state index in [-0.39, 0.29) is 23.3 Å². The van der Waals surface area contributed by atoms with E-state index in [0.29, 0.717) is 5.69 Å². The summed E-state index contributed by atoms with van der Waals surface area (Å²) in [6.07, 6.45) is 0. The van der Waals surface area contributed by atoms with Gasteiger partial charge in [-0.1, -0.05) is 6.07 Å². The molecule has 1 heterocycles. The fourth-order valence-electron chi connectivity index (χ4n) is 2.06. The Balaban J connectivity index is 2.29. The molecule has 0 bridgehead atoms. The topological polar surface area (TPSA) is 132 Å². The highest BCUT2D eigenvalue weighted by Gasteiger charge is 2.08. The van der Waals surface area contributed by atoms with E-state index < -0.39 is 0 Å². The summed E-state index contributed by atoms with van der Waals surface area (Å²) in [7, 11) is 0. The zero-order chi connectivity index (χ0) is 16.1. The van der Waals surface area contributed by atoms with Crippen LogP contribution in [0.3, 0.4) is 0 Å². The van der Waals surface area contributed by atoms with Gasteiger partial charge in [-0.2, -0.15) is 15.1 Å². The van der Waals surface area contributed by atoms with Crippen LogP contribution in [0.4, 0.5) is 34.6 Å². The summed E-state index contributed by atoms with van der Waals surface area (Å²) in [5.41, 5.74) is 18.9. The molecule has 0 saturated heterocycles. The summed E-state index contributed by atoms with van der Waals surface area (Å²) >= 11 is 0. The second-order valence-corrected chi connectivity index (χ2v) is 4.59. The van der Waals surface area contributed by atoms with Crippen molar-refractivity contribution in [2.24, 2.45) is 10.2 Å². The molecule has 0 amide bonds. The highest BCUT2D eigenvalue weighted by Crippen LogP contribution is 2.29. The lowest BCUT2D eigenvalue weighted by atomic mass is 10.2. The van der Waals surface area contributed by atoms with Gasteiger partial charge in [0, 0.05) is 18.8 Å². The van der Waals surface area contributed by atoms with Crippen LogP contribution >= 0.6 is 0 Å². The van der Waals surface area contributed by atoms with Gasteiger partial charge in [0.15, 0.2) is 17.3 Å². The molecule has 1 aromatic heterocycles. The normalized spacial score (nSPS) is 11.0. The molecule has 0 saturated carbocycles. The van der Waals surface area contributed by atoms with Gasteiger partial charge in [0.05, 0.1) is 5.69 Å². The average Bonchev–Trinajstić information content (AvgIpc) is 2.48. The van der Waals surface area contributed by atoms with Crippen molar-refractivity contribution < 1.29 is 0 Å². The zero-order valence-corrected chi connectivity index (χ0v) is 12.7. The molecule has 8 nitrogen and oxygen atoms in total. The Hall–Kier alpha value is -2.90. The van der Waals surface area contributed by atoms with E-state index in [0.717, 1.165) is 18.8 Å². The lowest BCUT2D eigenvalue weighted by molar-refractivity contribution is 0.866. The van der Waals surface area contributed by atoms with Gasteiger partial charge in [-0.3, -0.25) is 0 Å². The molecule has 6 N–H and O–H groups in total. The molecular formula is C14H20N8. The van der Waals surface area contributed by atoms with Gasteiger partial charge in [-0.15, -0.1) is 5.11 Å². The molecule has 1 aromatic carbocycles. The Bertz CT molecular complexity index is 655. The summed E-state index contributed by atoms with van der Waals surface area (Å²) in [6, 6.07) is 7.75. The van der Waals surface area contributed by atoms with Crippen molar-refractivity contribution in [2.75, 3.05) is 35.2 Å². The van der Waals surface area contributed by atoms with Crippen LogP contribution in [0.2, 0.25) is 0 Å². The van der Waals surface area contributed by atoms with Gasteiger partial charge < -0.3 is 22.1 Å². The standard InChI is InChI=1S/C14H20N8/c1-3-22(4-2)10-7-5-6-9(8-10)20-21-11-12(15)18-14(17)19-13(11)16/h5-8H,3-4H2,1-2H3,(H6,15,16,17,18,19). The first-order chi connectivity index (χ1) is 10.5. The Labute approximate surface area is 129 Å². The second-order valence-electron chi connectivity index (χ2n) is 4.59. The van der Waals surface area contributed by atoms with Crippen LogP contribution < -0.4 is 22.1 Å². The predicted octanol–water partition coefficient (Wildman–Crippen LogP) is 2.48. The molecule has 22 heavy (non-hydrogen) atoms. The van der Waals surface area contributed by atoms with E-state index in [2.05, 4.69) is 38.9 Å². The number of nitrogens with two attached hydrogens (primary N) is 3. The summed E-state index contributed by atoms with van der Waals surface area (Å²) < 4.78 is 0. The summed E-state index contributed by atoms with van der Waals surface area (Å²) in [4.78, 5) is 9.86. The predicted molar refractivity (Wildman–Crippen MR) is 89.4 cm³/mol. The number of nitrogen functional groups attached to an aromatic ring is 3. The first-order valence-electron chi connectivity index (χ1n) is 7.00. The number of hydrogen-bond acceptors (Lipinski definition) is 8. The molecule has 8 heteroatoms. The van der Waals surface area contributed by atoms with E-state index in [4.69, 9.17) is 17.2 Å². The zero-order valence-electron chi connectivity index (χ0n) is 12.7. The Morgan fingerprint density at radius 1 is 1.00 bits per heavy atom. The number of aromatic nitrogens is 2. The molecule has 0 aliphatic carbocycles. The van der Waals surface area contributed by atoms with Crippen LogP contribution in [-0.2, 0) is 0 Å². The average molecular weight is 300 g/mol. The molecule has 0 radical (unpaired) electrons. The Morgan fingerprint density at radius 2 is 1.64 bits per heavy atom. The third-order valence-electron chi connectivity index (χ3n) is 3.18. The van der Waals surface area contributed by atoms with Gasteiger partial charge >= 0.3 is 0 Å². The molecule has 116 valence electrons. The van der Waals surface area contributed by atoms with Gasteiger partial charge in [0.2, 0.25) is 5.95 Å². The van der Waals surface area contributed by atoms with Crippen LogP contribution in [0.25, 0.3) is 0 Å². The number of azo groups is 1. The van der Waals surface area contributed by atoms with E-state index in [1.165, 1.54) is 0 Å². The first-order valence-corrected chi connectivity index (χ1v) is 7.00. The number of nitrogens with zero attached hydrogens (tertiary/aromatic N) is 5. The quantitative estimate of drug-likeness (QED) is 0.727. The first kappa shape index (κ1) is 15.5. The molecule has 0 atom stereocenters. The largest absolute Gasteiger partial charge is 0.382 e. The van der Waals surface area contributed by atoms with Crippen LogP contribution in [0.5, 0.6) is 0 Å². The minimum atomic E-state index is 0.0116. The monoisotopic (exact) mass is 300 g/mol. The van der Waals surface area contributed by atoms with Crippen LogP contribution in [0, 0.1) is 0 Å². The molecule has 0 aliphatic heterocycles. The molecule has 0 aliphatic rings. The van der Waals surface area contributed by atoms with Crippen LogP contribution in [-0.4, -0.2) is 23.1 Å². The molecule has 0 fully saturated rings. The number of rotatable bonds is 5. The maximum Gasteiger partial charge on any atom is 0.224 e. The van der Waals surface area contributed by atoms with Crippen molar-refractivity contribution in [3.8, 4) is 0 Å². The van der Waals surface area contributed by atoms with Crippen molar-refractivity contribution in [1.29, 1.82) is 0 Å². The Morgan fingerprint density at radius 3 is 2.23 bits per heavy atom. The molecule has 2 rings (SSSR count). The van der Waals surface area contributed by atoms with Crippen molar-refractivity contribution in [2.45, 2.75) is 13.8 Å². The minimum absolute atomic E-state index is 0.0116. The van der Waals surface area contributed by atoms with Gasteiger partial charge in [-0.25, -0.2) is 0 Å². The van der Waals surface area contributed by atoms with Crippen LogP contribution in [0.15, 0.2) is 34.5 Å². The van der Waals surface area contributed by atoms with Gasteiger partial charge in [-0.05, 0) is 32.0 Å². The highest BCUT2D eigenvalue weighted by molar-refractivity contribution is 5.71. The summed E-state index contributed by atoms with van der Waals surface area (Å²) in [5.74, 6) is 0.222. The van der Waals surface area contributed by atoms with E-state index >= 15 is 0 Å². The maximum atomic E-state index is 5.73. The molecule has 2 aromatic rings. The van der Waals surface area contributed by atoms with Gasteiger partial charge in [0.25, 0.3) is 0 Å². The van der Waals surface area contributed by atoms with Gasteiger partial charge in [0.1, 0.15) is 0 Å². The fourth-order valence-corrected chi connectivity index (χ4v) is 2.06. The van der Waals surface area contributed by atoms with E-state index in [1.54, 1.807) is 0 Å².